The Labute approximate surface area is 61.4 Å². The molecule has 0 aliphatic carbocycles. The highest BCUT2D eigenvalue weighted by atomic mass is 32.1. The van der Waals surface area contributed by atoms with Crippen molar-refractivity contribution >= 4 is 16.3 Å². The summed E-state index contributed by atoms with van der Waals surface area (Å²) in [6.07, 6.45) is 0. The van der Waals surface area contributed by atoms with Crippen molar-refractivity contribution in [3.8, 4) is 0 Å². The third-order valence-electron chi connectivity index (χ3n) is 1.11. The summed E-state index contributed by atoms with van der Waals surface area (Å²) in [5.41, 5.74) is 5.84. The summed E-state index contributed by atoms with van der Waals surface area (Å²) in [5.74, 6) is 0. The van der Waals surface area contributed by atoms with E-state index in [1.165, 1.54) is 0 Å². The SMILES string of the molecule is NCc1ccsc1[N+](=O)[O-]. The number of rotatable bonds is 2. The third kappa shape index (κ3) is 1.14. The third-order valence-corrected chi connectivity index (χ3v) is 2.02. The van der Waals surface area contributed by atoms with Crippen molar-refractivity contribution < 1.29 is 4.92 Å². The van der Waals surface area contributed by atoms with E-state index in [9.17, 15) is 10.1 Å². The van der Waals surface area contributed by atoms with Crippen LogP contribution in [0.3, 0.4) is 0 Å². The molecule has 0 spiro atoms. The topological polar surface area (TPSA) is 69.2 Å². The zero-order valence-corrected chi connectivity index (χ0v) is 5.93. The van der Waals surface area contributed by atoms with Gasteiger partial charge in [-0.25, -0.2) is 0 Å². The normalized spacial score (nSPS) is 9.70. The van der Waals surface area contributed by atoms with Gasteiger partial charge in [-0.05, 0) is 11.4 Å². The van der Waals surface area contributed by atoms with Crippen molar-refractivity contribution in [3.05, 3.63) is 27.1 Å². The Bertz CT molecular complexity index is 246. The number of hydrogen-bond donors (Lipinski definition) is 1. The number of nitrogens with two attached hydrogens (primary N) is 1. The molecule has 0 bridgehead atoms. The quantitative estimate of drug-likeness (QED) is 0.517. The maximum absolute atomic E-state index is 10.2. The minimum absolute atomic E-state index is 0.155. The van der Waals surface area contributed by atoms with E-state index in [0.29, 0.717) is 5.56 Å². The maximum atomic E-state index is 10.2. The lowest BCUT2D eigenvalue weighted by molar-refractivity contribution is -0.380. The lowest BCUT2D eigenvalue weighted by Crippen LogP contribution is -1.97. The summed E-state index contributed by atoms with van der Waals surface area (Å²) < 4.78 is 0. The van der Waals surface area contributed by atoms with E-state index in [0.717, 1.165) is 11.3 Å². The minimum atomic E-state index is -0.410. The molecule has 0 aliphatic heterocycles. The van der Waals surface area contributed by atoms with Gasteiger partial charge < -0.3 is 5.73 Å². The first-order valence-corrected chi connectivity index (χ1v) is 3.54. The van der Waals surface area contributed by atoms with Crippen LogP contribution in [-0.2, 0) is 6.54 Å². The van der Waals surface area contributed by atoms with Crippen LogP contribution in [0.5, 0.6) is 0 Å². The largest absolute Gasteiger partial charge is 0.328 e. The molecule has 54 valence electrons. The fraction of sp³-hybridized carbons (Fsp3) is 0.200. The number of nitro groups is 1. The molecular weight excluding hydrogens is 152 g/mol. The van der Waals surface area contributed by atoms with E-state index in [1.807, 2.05) is 0 Å². The van der Waals surface area contributed by atoms with Gasteiger partial charge in [0.15, 0.2) is 0 Å². The highest BCUT2D eigenvalue weighted by Crippen LogP contribution is 2.24. The van der Waals surface area contributed by atoms with Crippen LogP contribution in [0.15, 0.2) is 11.4 Å². The molecule has 1 heterocycles. The fourth-order valence-electron chi connectivity index (χ4n) is 0.643. The Kier molecular flexibility index (Phi) is 1.98. The van der Waals surface area contributed by atoms with Crippen molar-refractivity contribution in [2.45, 2.75) is 6.54 Å². The van der Waals surface area contributed by atoms with Crippen LogP contribution in [0.2, 0.25) is 0 Å². The average molecular weight is 158 g/mol. The summed E-state index contributed by atoms with van der Waals surface area (Å²) in [5, 5.41) is 12.0. The molecule has 0 saturated heterocycles. The van der Waals surface area contributed by atoms with Gasteiger partial charge in [0.05, 0.1) is 10.5 Å². The molecule has 0 unspecified atom stereocenters. The van der Waals surface area contributed by atoms with Gasteiger partial charge in [-0.15, -0.1) is 0 Å². The van der Waals surface area contributed by atoms with E-state index in [2.05, 4.69) is 0 Å². The molecular formula is C5H6N2O2S. The second-order valence-corrected chi connectivity index (χ2v) is 2.61. The molecule has 0 aromatic carbocycles. The Morgan fingerprint density at radius 1 is 1.80 bits per heavy atom. The van der Waals surface area contributed by atoms with Crippen molar-refractivity contribution in [1.82, 2.24) is 0 Å². The summed E-state index contributed by atoms with van der Waals surface area (Å²) in [6.45, 7) is 0.236. The molecule has 2 N–H and O–H groups in total. The van der Waals surface area contributed by atoms with Gasteiger partial charge >= 0.3 is 5.00 Å². The van der Waals surface area contributed by atoms with Crippen molar-refractivity contribution in [3.63, 3.8) is 0 Å². The van der Waals surface area contributed by atoms with Crippen LogP contribution in [0, 0.1) is 10.1 Å². The van der Waals surface area contributed by atoms with Gasteiger partial charge in [-0.3, -0.25) is 10.1 Å². The highest BCUT2D eigenvalue weighted by molar-refractivity contribution is 7.13. The van der Waals surface area contributed by atoms with E-state index in [-0.39, 0.29) is 11.5 Å². The summed E-state index contributed by atoms with van der Waals surface area (Å²) in [7, 11) is 0. The monoisotopic (exact) mass is 158 g/mol. The predicted octanol–water partition coefficient (Wildman–Crippen LogP) is 1.11. The molecule has 0 saturated carbocycles. The van der Waals surface area contributed by atoms with Crippen molar-refractivity contribution in [2.24, 2.45) is 5.73 Å². The van der Waals surface area contributed by atoms with Crippen molar-refractivity contribution in [1.29, 1.82) is 0 Å². The summed E-state index contributed by atoms with van der Waals surface area (Å²) >= 11 is 1.10. The number of hydrogen-bond acceptors (Lipinski definition) is 4. The zero-order chi connectivity index (χ0) is 7.56. The second-order valence-electron chi connectivity index (χ2n) is 1.71. The van der Waals surface area contributed by atoms with Gasteiger partial charge in [-0.2, -0.15) is 0 Å². The number of thiophene rings is 1. The van der Waals surface area contributed by atoms with Crippen LogP contribution in [-0.4, -0.2) is 4.92 Å². The zero-order valence-electron chi connectivity index (χ0n) is 5.11. The number of nitrogens with zero attached hydrogens (tertiary/aromatic N) is 1. The summed E-state index contributed by atoms with van der Waals surface area (Å²) in [6, 6.07) is 1.67. The van der Waals surface area contributed by atoms with Gasteiger partial charge in [0.25, 0.3) is 0 Å². The standard InChI is InChI=1S/C5H6N2O2S/c6-3-4-1-2-10-5(4)7(8)9/h1-2H,3,6H2. The van der Waals surface area contributed by atoms with Gasteiger partial charge in [-0.1, -0.05) is 11.3 Å². The van der Waals surface area contributed by atoms with Crippen LogP contribution < -0.4 is 5.73 Å². The van der Waals surface area contributed by atoms with Gasteiger partial charge in [0.1, 0.15) is 0 Å². The molecule has 0 amide bonds. The Balaban J connectivity index is 3.01. The van der Waals surface area contributed by atoms with E-state index < -0.39 is 4.92 Å². The predicted molar refractivity (Wildman–Crippen MR) is 38.9 cm³/mol. The van der Waals surface area contributed by atoms with Crippen LogP contribution in [0.1, 0.15) is 5.56 Å². The van der Waals surface area contributed by atoms with E-state index in [4.69, 9.17) is 5.73 Å². The Morgan fingerprint density at radius 2 is 2.50 bits per heavy atom. The molecule has 1 aromatic rings. The first-order chi connectivity index (χ1) is 4.75. The average Bonchev–Trinajstić information content (AvgIpc) is 2.33. The maximum Gasteiger partial charge on any atom is 0.328 e. The minimum Gasteiger partial charge on any atom is -0.326 e. The lowest BCUT2D eigenvalue weighted by Gasteiger charge is -1.88. The van der Waals surface area contributed by atoms with E-state index in [1.54, 1.807) is 11.4 Å². The highest BCUT2D eigenvalue weighted by Gasteiger charge is 2.12. The smallest absolute Gasteiger partial charge is 0.326 e. The van der Waals surface area contributed by atoms with Gasteiger partial charge in [0.2, 0.25) is 0 Å². The van der Waals surface area contributed by atoms with Crippen molar-refractivity contribution in [2.75, 3.05) is 0 Å². The first-order valence-electron chi connectivity index (χ1n) is 2.66. The molecule has 0 atom stereocenters. The molecule has 1 rings (SSSR count). The molecule has 0 radical (unpaired) electrons. The Hall–Kier alpha value is -0.940. The van der Waals surface area contributed by atoms with Crippen LogP contribution in [0.4, 0.5) is 5.00 Å². The molecule has 1 aromatic heterocycles. The van der Waals surface area contributed by atoms with Crippen LogP contribution in [0.25, 0.3) is 0 Å². The second kappa shape index (κ2) is 2.76. The first kappa shape index (κ1) is 7.17. The molecule has 0 aliphatic rings. The Morgan fingerprint density at radius 3 is 2.90 bits per heavy atom. The fourth-order valence-corrected chi connectivity index (χ4v) is 1.39. The lowest BCUT2D eigenvalue weighted by atomic mass is 10.3. The van der Waals surface area contributed by atoms with Crippen LogP contribution >= 0.6 is 11.3 Å². The summed E-state index contributed by atoms with van der Waals surface area (Å²) in [4.78, 5) is 9.79. The molecule has 0 fully saturated rings. The molecule has 10 heavy (non-hydrogen) atoms. The molecule has 5 heteroatoms. The van der Waals surface area contributed by atoms with Gasteiger partial charge in [0, 0.05) is 6.54 Å². The molecule has 4 nitrogen and oxygen atoms in total. The van der Waals surface area contributed by atoms with E-state index >= 15 is 0 Å².